The Kier molecular flexibility index (Phi) is 2.77. The SMILES string of the molecule is CCc1cc(Br)c(Br)c2sccc12. The number of hydrogen-bond donors (Lipinski definition) is 0. The van der Waals surface area contributed by atoms with Crippen molar-refractivity contribution >= 4 is 53.3 Å². The fourth-order valence-corrected chi connectivity index (χ4v) is 3.52. The number of thiophene rings is 1. The number of halogens is 2. The molecular formula is C10H8Br2S. The van der Waals surface area contributed by atoms with E-state index < -0.39 is 0 Å². The van der Waals surface area contributed by atoms with Gasteiger partial charge in [0.2, 0.25) is 0 Å². The Morgan fingerprint density at radius 3 is 2.85 bits per heavy atom. The highest BCUT2D eigenvalue weighted by Gasteiger charge is 2.08. The van der Waals surface area contributed by atoms with Crippen LogP contribution in [-0.4, -0.2) is 0 Å². The highest BCUT2D eigenvalue weighted by Crippen LogP contribution is 2.37. The molecule has 0 spiro atoms. The third-order valence-electron chi connectivity index (χ3n) is 2.10. The van der Waals surface area contributed by atoms with Crippen molar-refractivity contribution in [3.63, 3.8) is 0 Å². The fraction of sp³-hybridized carbons (Fsp3) is 0.200. The van der Waals surface area contributed by atoms with Crippen molar-refractivity contribution in [2.24, 2.45) is 0 Å². The first kappa shape index (κ1) is 9.69. The van der Waals surface area contributed by atoms with Crippen molar-refractivity contribution in [2.45, 2.75) is 13.3 Å². The first-order valence-corrected chi connectivity index (χ1v) is 6.54. The molecule has 0 fully saturated rings. The minimum absolute atomic E-state index is 1.08. The highest BCUT2D eigenvalue weighted by atomic mass is 79.9. The summed E-state index contributed by atoms with van der Waals surface area (Å²) in [5, 5.41) is 3.52. The zero-order chi connectivity index (χ0) is 9.42. The smallest absolute Gasteiger partial charge is 0.0499 e. The summed E-state index contributed by atoms with van der Waals surface area (Å²) in [6, 6.07) is 4.38. The van der Waals surface area contributed by atoms with Crippen LogP contribution in [-0.2, 0) is 6.42 Å². The molecule has 13 heavy (non-hydrogen) atoms. The minimum atomic E-state index is 1.08. The molecule has 3 heteroatoms. The van der Waals surface area contributed by atoms with Gasteiger partial charge in [-0.05, 0) is 66.7 Å². The van der Waals surface area contributed by atoms with Crippen LogP contribution in [0.25, 0.3) is 10.1 Å². The predicted molar refractivity (Wildman–Crippen MR) is 66.6 cm³/mol. The van der Waals surface area contributed by atoms with Gasteiger partial charge >= 0.3 is 0 Å². The Morgan fingerprint density at radius 2 is 2.15 bits per heavy atom. The standard InChI is InChI=1S/C10H8Br2S/c1-2-6-5-8(11)9(12)10-7(6)3-4-13-10/h3-5H,2H2,1H3. The lowest BCUT2D eigenvalue weighted by Crippen LogP contribution is -1.82. The Labute approximate surface area is 98.2 Å². The summed E-state index contributed by atoms with van der Waals surface area (Å²) in [6.07, 6.45) is 1.08. The van der Waals surface area contributed by atoms with Crippen molar-refractivity contribution in [1.29, 1.82) is 0 Å². The van der Waals surface area contributed by atoms with Crippen LogP contribution in [0.5, 0.6) is 0 Å². The molecule has 0 aliphatic carbocycles. The van der Waals surface area contributed by atoms with Crippen molar-refractivity contribution in [2.75, 3.05) is 0 Å². The molecule has 0 N–H and O–H groups in total. The number of fused-ring (bicyclic) bond motifs is 1. The van der Waals surface area contributed by atoms with Gasteiger partial charge in [-0.1, -0.05) is 6.92 Å². The van der Waals surface area contributed by atoms with Crippen LogP contribution in [0, 0.1) is 0 Å². The maximum atomic E-state index is 3.59. The lowest BCUT2D eigenvalue weighted by molar-refractivity contribution is 1.16. The van der Waals surface area contributed by atoms with Crippen molar-refractivity contribution < 1.29 is 0 Å². The summed E-state index contributed by atoms with van der Waals surface area (Å²) < 4.78 is 3.67. The average molecular weight is 320 g/mol. The molecule has 1 heterocycles. The molecular weight excluding hydrogens is 312 g/mol. The van der Waals surface area contributed by atoms with Gasteiger partial charge in [-0.25, -0.2) is 0 Å². The van der Waals surface area contributed by atoms with Crippen LogP contribution in [0.1, 0.15) is 12.5 Å². The second kappa shape index (κ2) is 3.71. The molecule has 0 aliphatic heterocycles. The lowest BCUT2D eigenvalue weighted by atomic mass is 10.1. The monoisotopic (exact) mass is 318 g/mol. The van der Waals surface area contributed by atoms with E-state index in [9.17, 15) is 0 Å². The number of rotatable bonds is 1. The number of benzene rings is 1. The van der Waals surface area contributed by atoms with Crippen LogP contribution in [0.4, 0.5) is 0 Å². The van der Waals surface area contributed by atoms with Gasteiger partial charge in [0.05, 0.1) is 0 Å². The van der Waals surface area contributed by atoms with Crippen LogP contribution in [0.2, 0.25) is 0 Å². The molecule has 0 atom stereocenters. The zero-order valence-corrected chi connectivity index (χ0v) is 11.1. The van der Waals surface area contributed by atoms with Crippen LogP contribution in [0.15, 0.2) is 26.5 Å². The van der Waals surface area contributed by atoms with Crippen molar-refractivity contribution in [1.82, 2.24) is 0 Å². The molecule has 0 aliphatic rings. The number of hydrogen-bond acceptors (Lipinski definition) is 1. The van der Waals surface area contributed by atoms with Crippen LogP contribution >= 0.6 is 43.2 Å². The van der Waals surface area contributed by atoms with Crippen LogP contribution in [0.3, 0.4) is 0 Å². The Morgan fingerprint density at radius 1 is 1.38 bits per heavy atom. The molecule has 0 saturated heterocycles. The Bertz CT molecular complexity index is 445. The van der Waals surface area contributed by atoms with Gasteiger partial charge in [0, 0.05) is 13.6 Å². The molecule has 0 unspecified atom stereocenters. The van der Waals surface area contributed by atoms with E-state index in [0.29, 0.717) is 0 Å². The van der Waals surface area contributed by atoms with Gasteiger partial charge < -0.3 is 0 Å². The lowest BCUT2D eigenvalue weighted by Gasteiger charge is -2.03. The third kappa shape index (κ3) is 1.58. The molecule has 0 saturated carbocycles. The van der Waals surface area contributed by atoms with E-state index >= 15 is 0 Å². The Balaban J connectivity index is 2.87. The summed E-state index contributed by atoms with van der Waals surface area (Å²) in [5.74, 6) is 0. The first-order chi connectivity index (χ1) is 6.24. The molecule has 1 aromatic heterocycles. The van der Waals surface area contributed by atoms with Gasteiger partial charge in [0.15, 0.2) is 0 Å². The third-order valence-corrected chi connectivity index (χ3v) is 5.28. The molecule has 0 nitrogen and oxygen atoms in total. The highest BCUT2D eigenvalue weighted by molar-refractivity contribution is 9.13. The Hall–Kier alpha value is 0.140. The maximum absolute atomic E-state index is 3.59. The number of aryl methyl sites for hydroxylation is 1. The zero-order valence-electron chi connectivity index (χ0n) is 7.10. The van der Waals surface area contributed by atoms with E-state index in [4.69, 9.17) is 0 Å². The minimum Gasteiger partial charge on any atom is -0.143 e. The summed E-state index contributed by atoms with van der Waals surface area (Å²) in [4.78, 5) is 0. The summed E-state index contributed by atoms with van der Waals surface area (Å²) in [6.45, 7) is 2.19. The van der Waals surface area contributed by atoms with Gasteiger partial charge in [-0.15, -0.1) is 11.3 Å². The molecule has 2 aromatic rings. The van der Waals surface area contributed by atoms with Gasteiger partial charge in [-0.3, -0.25) is 0 Å². The molecule has 1 aromatic carbocycles. The molecule has 2 rings (SSSR count). The van der Waals surface area contributed by atoms with E-state index in [1.807, 2.05) is 0 Å². The molecule has 0 amide bonds. The molecule has 0 radical (unpaired) electrons. The summed E-state index contributed by atoms with van der Waals surface area (Å²) in [5.41, 5.74) is 1.41. The van der Waals surface area contributed by atoms with E-state index in [2.05, 4.69) is 56.3 Å². The molecule has 0 bridgehead atoms. The fourth-order valence-electron chi connectivity index (χ4n) is 1.43. The van der Waals surface area contributed by atoms with E-state index in [1.165, 1.54) is 20.1 Å². The van der Waals surface area contributed by atoms with Gasteiger partial charge in [0.25, 0.3) is 0 Å². The largest absolute Gasteiger partial charge is 0.143 e. The van der Waals surface area contributed by atoms with E-state index in [1.54, 1.807) is 11.3 Å². The van der Waals surface area contributed by atoms with Crippen molar-refractivity contribution in [3.05, 3.63) is 32.0 Å². The first-order valence-electron chi connectivity index (χ1n) is 4.08. The van der Waals surface area contributed by atoms with Crippen LogP contribution < -0.4 is 0 Å². The quantitative estimate of drug-likeness (QED) is 0.694. The molecule has 68 valence electrons. The average Bonchev–Trinajstić information content (AvgIpc) is 2.60. The second-order valence-corrected chi connectivity index (χ2v) is 5.41. The topological polar surface area (TPSA) is 0 Å². The van der Waals surface area contributed by atoms with E-state index in [-0.39, 0.29) is 0 Å². The van der Waals surface area contributed by atoms with Crippen molar-refractivity contribution in [3.8, 4) is 0 Å². The summed E-state index contributed by atoms with van der Waals surface area (Å²) in [7, 11) is 0. The van der Waals surface area contributed by atoms with Gasteiger partial charge in [0.1, 0.15) is 0 Å². The second-order valence-electron chi connectivity index (χ2n) is 2.85. The predicted octanol–water partition coefficient (Wildman–Crippen LogP) is 4.99. The summed E-state index contributed by atoms with van der Waals surface area (Å²) >= 11 is 8.92. The normalized spacial score (nSPS) is 11.0. The van der Waals surface area contributed by atoms with Gasteiger partial charge in [-0.2, -0.15) is 0 Å². The maximum Gasteiger partial charge on any atom is 0.0499 e. The van der Waals surface area contributed by atoms with E-state index in [0.717, 1.165) is 10.9 Å².